The molecule has 3 aromatic rings. The Morgan fingerprint density at radius 1 is 0.500 bits per heavy atom. The molecule has 0 N–H and O–H groups in total. The molecular weight excluding hydrogens is 264 g/mol. The van der Waals surface area contributed by atoms with Crippen molar-refractivity contribution >= 4 is 23.3 Å². The van der Waals surface area contributed by atoms with Crippen molar-refractivity contribution in [2.24, 2.45) is 0 Å². The van der Waals surface area contributed by atoms with Gasteiger partial charge in [0.15, 0.2) is 0 Å². The lowest BCUT2D eigenvalue weighted by Crippen LogP contribution is -2.25. The van der Waals surface area contributed by atoms with Crippen LogP contribution in [0.25, 0.3) is 34.4 Å². The van der Waals surface area contributed by atoms with Crippen LogP contribution in [0.2, 0.25) is 0 Å². The fourth-order valence-corrected chi connectivity index (χ4v) is 3.59. The molecule has 0 radical (unpaired) electrons. The third-order valence-electron chi connectivity index (χ3n) is 4.61. The van der Waals surface area contributed by atoms with Gasteiger partial charge < -0.3 is 0 Å². The second-order valence-electron chi connectivity index (χ2n) is 5.84. The van der Waals surface area contributed by atoms with Crippen LogP contribution in [0.3, 0.4) is 0 Å². The van der Waals surface area contributed by atoms with E-state index in [2.05, 4.69) is 84.9 Å². The lowest BCUT2D eigenvalue weighted by atomic mass is 10.0. The summed E-state index contributed by atoms with van der Waals surface area (Å²) in [5.74, 6) is 0. The van der Waals surface area contributed by atoms with Gasteiger partial charge in [-0.15, -0.1) is 0 Å². The van der Waals surface area contributed by atoms with E-state index < -0.39 is 0 Å². The standard InChI is InChI=1S/C22H14/c1-2-7-15(8-3-1)17-11-6-12-19-20-13-16-9-4-5-10-18(16)22(20)14-21(17)19/h1-14H. The molecule has 102 valence electrons. The van der Waals surface area contributed by atoms with E-state index in [1.165, 1.54) is 43.1 Å². The van der Waals surface area contributed by atoms with Crippen LogP contribution in [0.4, 0.5) is 0 Å². The van der Waals surface area contributed by atoms with E-state index in [-0.39, 0.29) is 0 Å². The number of benzene rings is 3. The Hall–Kier alpha value is -2.86. The first-order chi connectivity index (χ1) is 10.9. The van der Waals surface area contributed by atoms with Crippen molar-refractivity contribution in [2.75, 3.05) is 0 Å². The fourth-order valence-electron chi connectivity index (χ4n) is 3.59. The Bertz CT molecular complexity index is 1150. The summed E-state index contributed by atoms with van der Waals surface area (Å²) in [5, 5.41) is 5.39. The Morgan fingerprint density at radius 2 is 1.23 bits per heavy atom. The summed E-state index contributed by atoms with van der Waals surface area (Å²) in [5.41, 5.74) is 5.34. The van der Waals surface area contributed by atoms with Gasteiger partial charge in [-0.3, -0.25) is 0 Å². The van der Waals surface area contributed by atoms with Gasteiger partial charge in [0, 0.05) is 0 Å². The first-order valence-electron chi connectivity index (χ1n) is 7.64. The Morgan fingerprint density at radius 3 is 2.14 bits per heavy atom. The maximum absolute atomic E-state index is 2.36. The van der Waals surface area contributed by atoms with Crippen LogP contribution in [0.15, 0.2) is 72.8 Å². The van der Waals surface area contributed by atoms with Gasteiger partial charge in [-0.2, -0.15) is 0 Å². The third kappa shape index (κ3) is 1.52. The molecule has 0 atom stereocenters. The molecule has 0 heteroatoms. The van der Waals surface area contributed by atoms with Crippen molar-refractivity contribution in [3.8, 4) is 11.1 Å². The topological polar surface area (TPSA) is 0 Å². The average Bonchev–Trinajstić information content (AvgIpc) is 3.12. The maximum atomic E-state index is 2.36. The molecule has 0 saturated heterocycles. The summed E-state index contributed by atoms with van der Waals surface area (Å²) in [6, 6.07) is 25.9. The molecule has 5 rings (SSSR count). The van der Waals surface area contributed by atoms with Crippen molar-refractivity contribution in [1.82, 2.24) is 0 Å². The number of hydrogen-bond donors (Lipinski definition) is 0. The van der Waals surface area contributed by atoms with Gasteiger partial charge in [0.05, 0.1) is 0 Å². The SMILES string of the molecule is C1=c2ccccc2=C2C=c3c(-c4ccccc4)cccc3=C12. The quantitative estimate of drug-likeness (QED) is 0.638. The zero-order valence-electron chi connectivity index (χ0n) is 12.1. The summed E-state index contributed by atoms with van der Waals surface area (Å²) in [4.78, 5) is 0. The molecule has 2 aliphatic carbocycles. The summed E-state index contributed by atoms with van der Waals surface area (Å²) < 4.78 is 0. The highest BCUT2D eigenvalue weighted by Gasteiger charge is 2.16. The minimum absolute atomic E-state index is 1.28. The molecule has 0 unspecified atom stereocenters. The molecule has 0 bridgehead atoms. The summed E-state index contributed by atoms with van der Waals surface area (Å²) >= 11 is 0. The molecule has 0 saturated carbocycles. The van der Waals surface area contributed by atoms with Crippen LogP contribution < -0.4 is 20.9 Å². The molecule has 2 aliphatic rings. The van der Waals surface area contributed by atoms with E-state index in [0.717, 1.165) is 0 Å². The Balaban J connectivity index is 1.92. The van der Waals surface area contributed by atoms with Crippen molar-refractivity contribution in [3.05, 3.63) is 93.7 Å². The van der Waals surface area contributed by atoms with Gasteiger partial charge in [0.2, 0.25) is 0 Å². The molecule has 0 aromatic heterocycles. The highest BCUT2D eigenvalue weighted by molar-refractivity contribution is 6.18. The number of fused-ring (bicyclic) bond motifs is 3. The Kier molecular flexibility index (Phi) is 2.31. The molecule has 22 heavy (non-hydrogen) atoms. The summed E-state index contributed by atoms with van der Waals surface area (Å²) in [7, 11) is 0. The van der Waals surface area contributed by atoms with E-state index in [0.29, 0.717) is 0 Å². The molecular formula is C22H14. The predicted octanol–water partition coefficient (Wildman–Crippen LogP) is 1.94. The van der Waals surface area contributed by atoms with Crippen LogP contribution in [-0.2, 0) is 0 Å². The minimum Gasteiger partial charge on any atom is -0.0622 e. The smallest absolute Gasteiger partial charge is 0.00926 e. The van der Waals surface area contributed by atoms with Crippen LogP contribution in [0.1, 0.15) is 0 Å². The van der Waals surface area contributed by atoms with Crippen molar-refractivity contribution < 1.29 is 0 Å². The molecule has 3 aromatic carbocycles. The van der Waals surface area contributed by atoms with E-state index in [9.17, 15) is 0 Å². The first kappa shape index (κ1) is 11.8. The highest BCUT2D eigenvalue weighted by atomic mass is 14.2. The van der Waals surface area contributed by atoms with Crippen molar-refractivity contribution in [1.29, 1.82) is 0 Å². The Labute approximate surface area is 128 Å². The van der Waals surface area contributed by atoms with Gasteiger partial charge in [-0.1, -0.05) is 72.8 Å². The molecule has 0 fully saturated rings. The molecule has 0 heterocycles. The molecule has 0 spiro atoms. The molecule has 0 amide bonds. The third-order valence-corrected chi connectivity index (χ3v) is 4.61. The summed E-state index contributed by atoms with van der Waals surface area (Å²) in [6.07, 6.45) is 4.68. The van der Waals surface area contributed by atoms with Gasteiger partial charge in [-0.25, -0.2) is 0 Å². The van der Waals surface area contributed by atoms with Crippen molar-refractivity contribution in [2.45, 2.75) is 0 Å². The van der Waals surface area contributed by atoms with Crippen LogP contribution >= 0.6 is 0 Å². The second-order valence-corrected chi connectivity index (χ2v) is 5.84. The fraction of sp³-hybridized carbons (Fsp3) is 0. The normalized spacial score (nSPS) is 14.0. The minimum atomic E-state index is 1.28. The zero-order valence-corrected chi connectivity index (χ0v) is 12.1. The number of rotatable bonds is 1. The molecule has 0 nitrogen and oxygen atoms in total. The lowest BCUT2D eigenvalue weighted by molar-refractivity contribution is 1.50. The maximum Gasteiger partial charge on any atom is -0.00926 e. The highest BCUT2D eigenvalue weighted by Crippen LogP contribution is 2.21. The largest absolute Gasteiger partial charge is 0.0622 e. The van der Waals surface area contributed by atoms with E-state index in [1.807, 2.05) is 0 Å². The monoisotopic (exact) mass is 278 g/mol. The van der Waals surface area contributed by atoms with Crippen molar-refractivity contribution in [3.63, 3.8) is 0 Å². The zero-order chi connectivity index (χ0) is 14.5. The van der Waals surface area contributed by atoms with Gasteiger partial charge >= 0.3 is 0 Å². The van der Waals surface area contributed by atoms with Crippen LogP contribution in [0, 0.1) is 0 Å². The average molecular weight is 278 g/mol. The van der Waals surface area contributed by atoms with Gasteiger partial charge in [0.25, 0.3) is 0 Å². The van der Waals surface area contributed by atoms with Crippen LogP contribution in [-0.4, -0.2) is 0 Å². The van der Waals surface area contributed by atoms with Gasteiger partial charge in [-0.05, 0) is 55.3 Å². The van der Waals surface area contributed by atoms with E-state index in [1.54, 1.807) is 0 Å². The summed E-state index contributed by atoms with van der Waals surface area (Å²) in [6.45, 7) is 0. The molecule has 0 aliphatic heterocycles. The first-order valence-corrected chi connectivity index (χ1v) is 7.64. The number of hydrogen-bond acceptors (Lipinski definition) is 0. The predicted molar refractivity (Wildman–Crippen MR) is 92.6 cm³/mol. The second kappa shape index (κ2) is 4.32. The van der Waals surface area contributed by atoms with E-state index in [4.69, 9.17) is 0 Å². The van der Waals surface area contributed by atoms with Gasteiger partial charge in [0.1, 0.15) is 0 Å². The van der Waals surface area contributed by atoms with Crippen LogP contribution in [0.5, 0.6) is 0 Å². The van der Waals surface area contributed by atoms with E-state index >= 15 is 0 Å². The lowest BCUT2D eigenvalue weighted by Gasteiger charge is -2.02.